The van der Waals surface area contributed by atoms with Crippen LogP contribution in [0, 0.1) is 0 Å². The molecule has 0 fully saturated rings. The quantitative estimate of drug-likeness (QED) is 0.733. The van der Waals surface area contributed by atoms with Gasteiger partial charge in [0.2, 0.25) is 9.84 Å². The van der Waals surface area contributed by atoms with Gasteiger partial charge >= 0.3 is 0 Å². The average molecular weight is 291 g/mol. The Morgan fingerprint density at radius 1 is 1.33 bits per heavy atom. The topological polar surface area (TPSA) is 83.5 Å². The van der Waals surface area contributed by atoms with Crippen molar-refractivity contribution < 1.29 is 21.9 Å². The smallest absolute Gasteiger partial charge is 0.208 e. The van der Waals surface area contributed by atoms with Gasteiger partial charge in [-0.2, -0.15) is 0 Å². The van der Waals surface area contributed by atoms with Crippen LogP contribution in [0.3, 0.4) is 0 Å². The van der Waals surface area contributed by atoms with Gasteiger partial charge in [0.05, 0.1) is 10.6 Å². The van der Waals surface area contributed by atoms with Crippen LogP contribution in [0.5, 0.6) is 0 Å². The van der Waals surface area contributed by atoms with Gasteiger partial charge in [-0.1, -0.05) is 29.3 Å². The summed E-state index contributed by atoms with van der Waals surface area (Å²) in [6.45, 7) is 3.00. The van der Waals surface area contributed by atoms with Gasteiger partial charge < -0.3 is 9.29 Å². The van der Waals surface area contributed by atoms with Crippen LogP contribution < -0.4 is 0 Å². The first-order valence-electron chi connectivity index (χ1n) is 5.33. The van der Waals surface area contributed by atoms with Crippen molar-refractivity contribution in [1.29, 1.82) is 0 Å². The third kappa shape index (κ3) is 3.17. The van der Waals surface area contributed by atoms with Gasteiger partial charge in [-0.05, 0) is 26.0 Å². The molecule has 0 saturated carbocycles. The lowest BCUT2D eigenvalue weighted by molar-refractivity contribution is 0.0559. The van der Waals surface area contributed by atoms with Crippen molar-refractivity contribution in [3.05, 3.63) is 30.3 Å². The first-order valence-corrected chi connectivity index (χ1v) is 8.05. The Morgan fingerprint density at radius 2 is 1.89 bits per heavy atom. The molecular formula is C11H15O5S2-. The Bertz CT molecular complexity index is 511. The third-order valence-corrected chi connectivity index (χ3v) is 5.71. The highest BCUT2D eigenvalue weighted by atomic mass is 32.2. The van der Waals surface area contributed by atoms with Gasteiger partial charge in [0.25, 0.3) is 0 Å². The number of benzene rings is 1. The summed E-state index contributed by atoms with van der Waals surface area (Å²) in [5, 5.41) is 0. The minimum Gasteiger partial charge on any atom is -0.772 e. The van der Waals surface area contributed by atoms with E-state index in [0.29, 0.717) is 0 Å². The van der Waals surface area contributed by atoms with Gasteiger partial charge in [0, 0.05) is 6.61 Å². The van der Waals surface area contributed by atoms with Crippen molar-refractivity contribution in [2.45, 2.75) is 23.7 Å². The van der Waals surface area contributed by atoms with Gasteiger partial charge in [0.15, 0.2) is 4.93 Å². The van der Waals surface area contributed by atoms with E-state index in [2.05, 4.69) is 0 Å². The molecule has 18 heavy (non-hydrogen) atoms. The molecule has 102 valence electrons. The number of hydrogen-bond donors (Lipinski definition) is 0. The zero-order chi connectivity index (χ0) is 13.8. The highest BCUT2D eigenvalue weighted by Crippen LogP contribution is 2.27. The number of sulfone groups is 1. The van der Waals surface area contributed by atoms with Crippen LogP contribution in [0.15, 0.2) is 35.2 Å². The molecule has 0 N–H and O–H groups in total. The van der Waals surface area contributed by atoms with Crippen molar-refractivity contribution in [3.63, 3.8) is 0 Å². The van der Waals surface area contributed by atoms with E-state index in [-0.39, 0.29) is 11.5 Å². The van der Waals surface area contributed by atoms with Crippen molar-refractivity contribution in [2.24, 2.45) is 0 Å². The molecule has 5 nitrogen and oxygen atoms in total. The molecular weight excluding hydrogens is 276 g/mol. The second kappa shape index (κ2) is 5.92. The molecule has 0 aliphatic carbocycles. The fraction of sp³-hybridized carbons (Fsp3) is 0.455. The van der Waals surface area contributed by atoms with E-state index >= 15 is 0 Å². The lowest BCUT2D eigenvalue weighted by atomic mass is 10.4. The van der Waals surface area contributed by atoms with Crippen LogP contribution in [0.25, 0.3) is 0 Å². The van der Waals surface area contributed by atoms with Gasteiger partial charge in [-0.3, -0.25) is 4.21 Å². The lowest BCUT2D eigenvalue weighted by Gasteiger charge is -2.30. The molecule has 2 unspecified atom stereocenters. The summed E-state index contributed by atoms with van der Waals surface area (Å²) in [6, 6.07) is 7.67. The summed E-state index contributed by atoms with van der Waals surface area (Å²) in [7, 11) is -3.87. The molecule has 0 saturated heterocycles. The fourth-order valence-electron chi connectivity index (χ4n) is 1.57. The average Bonchev–Trinajstić information content (AvgIpc) is 2.29. The highest BCUT2D eigenvalue weighted by Gasteiger charge is 2.41. The molecule has 0 aromatic heterocycles. The molecule has 7 heteroatoms. The van der Waals surface area contributed by atoms with Crippen molar-refractivity contribution in [3.8, 4) is 0 Å². The van der Waals surface area contributed by atoms with E-state index in [1.54, 1.807) is 25.1 Å². The molecule has 0 bridgehead atoms. The highest BCUT2D eigenvalue weighted by molar-refractivity contribution is 7.93. The summed E-state index contributed by atoms with van der Waals surface area (Å²) in [5.74, 6) is -0.599. The molecule has 0 aliphatic rings. The van der Waals surface area contributed by atoms with Crippen molar-refractivity contribution in [1.82, 2.24) is 0 Å². The van der Waals surface area contributed by atoms with Crippen molar-refractivity contribution >= 4 is 20.9 Å². The Labute approximate surface area is 109 Å². The van der Waals surface area contributed by atoms with Crippen LogP contribution in [0.2, 0.25) is 0 Å². The Morgan fingerprint density at radius 3 is 2.33 bits per heavy atom. The molecule has 1 aromatic rings. The molecule has 1 aromatic carbocycles. The Kier molecular flexibility index (Phi) is 5.03. The molecule has 1 rings (SSSR count). The Balaban J connectivity index is 3.24. The summed E-state index contributed by atoms with van der Waals surface area (Å²) in [6.07, 6.45) is 0. The van der Waals surface area contributed by atoms with Gasteiger partial charge in [-0.25, -0.2) is 8.42 Å². The van der Waals surface area contributed by atoms with E-state index in [4.69, 9.17) is 4.74 Å². The summed E-state index contributed by atoms with van der Waals surface area (Å²) < 4.78 is 51.6. The molecule has 0 radical (unpaired) electrons. The number of ether oxygens (including phenoxy) is 1. The normalized spacial score (nSPS) is 17.1. The maximum Gasteiger partial charge on any atom is 0.208 e. The minimum atomic E-state index is -3.87. The second-order valence-corrected chi connectivity index (χ2v) is 7.07. The third-order valence-electron chi connectivity index (χ3n) is 2.45. The number of rotatable bonds is 6. The predicted octanol–water partition coefficient (Wildman–Crippen LogP) is 1.09. The summed E-state index contributed by atoms with van der Waals surface area (Å²) in [4.78, 5) is -1.72. The van der Waals surface area contributed by atoms with Gasteiger partial charge in [0.1, 0.15) is 0 Å². The fourth-order valence-corrected chi connectivity index (χ4v) is 4.27. The Hall–Kier alpha value is -0.760. The standard InChI is InChI=1S/C11H16O5S2/c1-3-16-11(2,9-17(12)13)18(14,15)10-7-5-4-6-8-10/h4-8H,3,9H2,1-2H3,(H,12,13)/p-1. The van der Waals surface area contributed by atoms with Crippen LogP contribution in [0.1, 0.15) is 13.8 Å². The van der Waals surface area contributed by atoms with E-state index < -0.39 is 31.6 Å². The van der Waals surface area contributed by atoms with Crippen LogP contribution in [-0.4, -0.2) is 34.5 Å². The molecule has 0 spiro atoms. The van der Waals surface area contributed by atoms with Crippen molar-refractivity contribution in [2.75, 3.05) is 12.4 Å². The first-order chi connectivity index (χ1) is 8.33. The van der Waals surface area contributed by atoms with E-state index in [1.807, 2.05) is 0 Å². The molecule has 2 atom stereocenters. The molecule has 0 heterocycles. The largest absolute Gasteiger partial charge is 0.772 e. The minimum absolute atomic E-state index is 0.0476. The number of hydrogen-bond acceptors (Lipinski definition) is 5. The second-order valence-electron chi connectivity index (χ2n) is 3.83. The van der Waals surface area contributed by atoms with Crippen LogP contribution >= 0.6 is 0 Å². The SMILES string of the molecule is CCOC(C)(CS(=O)[O-])S(=O)(=O)c1ccccc1. The van der Waals surface area contributed by atoms with E-state index in [1.165, 1.54) is 19.1 Å². The lowest BCUT2D eigenvalue weighted by Crippen LogP contribution is -2.43. The maximum atomic E-state index is 12.4. The monoisotopic (exact) mass is 291 g/mol. The summed E-state index contributed by atoms with van der Waals surface area (Å²) in [5.41, 5.74) is 0. The zero-order valence-electron chi connectivity index (χ0n) is 10.2. The van der Waals surface area contributed by atoms with E-state index in [0.717, 1.165) is 0 Å². The van der Waals surface area contributed by atoms with Crippen LogP contribution in [0.4, 0.5) is 0 Å². The van der Waals surface area contributed by atoms with Crippen LogP contribution in [-0.2, 0) is 25.7 Å². The van der Waals surface area contributed by atoms with E-state index in [9.17, 15) is 17.2 Å². The zero-order valence-corrected chi connectivity index (χ0v) is 11.8. The molecule has 0 aliphatic heterocycles. The summed E-state index contributed by atoms with van der Waals surface area (Å²) >= 11 is -2.51. The molecule has 0 amide bonds. The predicted molar refractivity (Wildman–Crippen MR) is 67.4 cm³/mol. The maximum absolute atomic E-state index is 12.4. The van der Waals surface area contributed by atoms with Gasteiger partial charge in [-0.15, -0.1) is 0 Å². The first kappa shape index (κ1) is 15.3.